The molecule has 7 heteroatoms. The highest BCUT2D eigenvalue weighted by molar-refractivity contribution is 7.16. The first kappa shape index (κ1) is 16.8. The van der Waals surface area contributed by atoms with Crippen LogP contribution in [0.1, 0.15) is 37.8 Å². The first-order valence-electron chi connectivity index (χ1n) is 8.00. The van der Waals surface area contributed by atoms with Gasteiger partial charge >= 0.3 is 6.09 Å². The number of carbonyl (C=O) groups is 2. The SMILES string of the molecule is C#CC1CC(=O)N(c2nc3c(s2)CN(C(=O)OC(C)(C)C)CC3)C1. The largest absolute Gasteiger partial charge is 0.444 e. The molecular formula is C17H21N3O3S. The third-order valence-electron chi connectivity index (χ3n) is 3.96. The number of anilines is 1. The van der Waals surface area contributed by atoms with Crippen LogP contribution in [0.15, 0.2) is 0 Å². The van der Waals surface area contributed by atoms with Gasteiger partial charge < -0.3 is 9.64 Å². The molecule has 1 fully saturated rings. The van der Waals surface area contributed by atoms with E-state index in [1.807, 2.05) is 20.8 Å². The second-order valence-electron chi connectivity index (χ2n) is 7.09. The second-order valence-corrected chi connectivity index (χ2v) is 8.15. The number of terminal acetylenes is 1. The number of thiazole rings is 1. The third-order valence-corrected chi connectivity index (χ3v) is 5.07. The lowest BCUT2D eigenvalue weighted by Gasteiger charge is -2.29. The molecule has 0 bridgehead atoms. The molecule has 1 aromatic rings. The van der Waals surface area contributed by atoms with Crippen molar-refractivity contribution in [1.29, 1.82) is 0 Å². The van der Waals surface area contributed by atoms with Crippen LogP contribution in [0.3, 0.4) is 0 Å². The van der Waals surface area contributed by atoms with Crippen molar-refractivity contribution in [2.24, 2.45) is 5.92 Å². The van der Waals surface area contributed by atoms with Gasteiger partial charge in [0, 0.05) is 36.7 Å². The summed E-state index contributed by atoms with van der Waals surface area (Å²) in [4.78, 5) is 33.3. The lowest BCUT2D eigenvalue weighted by atomic mass is 10.1. The van der Waals surface area contributed by atoms with Gasteiger partial charge in [0.2, 0.25) is 5.91 Å². The Bertz CT molecular complexity index is 714. The molecule has 2 amide bonds. The van der Waals surface area contributed by atoms with Gasteiger partial charge in [-0.05, 0) is 20.8 Å². The Hall–Kier alpha value is -2.07. The Kier molecular flexibility index (Phi) is 4.26. The number of amides is 2. The van der Waals surface area contributed by atoms with Crippen LogP contribution >= 0.6 is 11.3 Å². The fourth-order valence-electron chi connectivity index (χ4n) is 2.78. The van der Waals surface area contributed by atoms with E-state index in [0.29, 0.717) is 37.6 Å². The molecule has 0 N–H and O–H groups in total. The average molecular weight is 347 g/mol. The summed E-state index contributed by atoms with van der Waals surface area (Å²) in [5.41, 5.74) is 0.453. The summed E-state index contributed by atoms with van der Waals surface area (Å²) in [5.74, 6) is 2.62. The molecule has 1 unspecified atom stereocenters. The van der Waals surface area contributed by atoms with Crippen LogP contribution in [-0.4, -0.2) is 40.6 Å². The molecule has 6 nitrogen and oxygen atoms in total. The number of carbonyl (C=O) groups excluding carboxylic acids is 2. The first-order valence-corrected chi connectivity index (χ1v) is 8.81. The van der Waals surface area contributed by atoms with E-state index in [2.05, 4.69) is 10.9 Å². The molecule has 0 aromatic carbocycles. The van der Waals surface area contributed by atoms with Gasteiger partial charge in [-0.2, -0.15) is 0 Å². The molecule has 0 spiro atoms. The summed E-state index contributed by atoms with van der Waals surface area (Å²) in [7, 11) is 0. The van der Waals surface area contributed by atoms with Crippen molar-refractivity contribution in [3.05, 3.63) is 10.6 Å². The number of hydrogen-bond acceptors (Lipinski definition) is 5. The van der Waals surface area contributed by atoms with Crippen molar-refractivity contribution >= 4 is 28.5 Å². The lowest BCUT2D eigenvalue weighted by molar-refractivity contribution is -0.117. The molecular weight excluding hydrogens is 326 g/mol. The fourth-order valence-corrected chi connectivity index (χ4v) is 3.93. The molecule has 1 saturated heterocycles. The summed E-state index contributed by atoms with van der Waals surface area (Å²) in [6, 6.07) is 0. The standard InChI is InChI=1S/C17H21N3O3S/c1-5-11-8-14(21)20(9-11)15-18-12-6-7-19(10-13(12)24-15)16(22)23-17(2,3)4/h1,11H,6-10H2,2-4H3. The van der Waals surface area contributed by atoms with Crippen LogP contribution in [0.4, 0.5) is 9.93 Å². The van der Waals surface area contributed by atoms with Gasteiger partial charge in [-0.1, -0.05) is 11.3 Å². The van der Waals surface area contributed by atoms with E-state index in [-0.39, 0.29) is 17.9 Å². The van der Waals surface area contributed by atoms with Crippen molar-refractivity contribution in [3.63, 3.8) is 0 Å². The molecule has 128 valence electrons. The number of hydrogen-bond donors (Lipinski definition) is 0. The molecule has 0 saturated carbocycles. The highest BCUT2D eigenvalue weighted by Crippen LogP contribution is 2.34. The van der Waals surface area contributed by atoms with Crippen LogP contribution in [0, 0.1) is 18.3 Å². The maximum absolute atomic E-state index is 12.2. The van der Waals surface area contributed by atoms with Crippen LogP contribution in [0.25, 0.3) is 0 Å². The summed E-state index contributed by atoms with van der Waals surface area (Å²) < 4.78 is 5.43. The van der Waals surface area contributed by atoms with Gasteiger partial charge in [-0.3, -0.25) is 9.69 Å². The van der Waals surface area contributed by atoms with Crippen LogP contribution in [0.2, 0.25) is 0 Å². The van der Waals surface area contributed by atoms with Crippen molar-refractivity contribution in [3.8, 4) is 12.3 Å². The van der Waals surface area contributed by atoms with Crippen molar-refractivity contribution < 1.29 is 14.3 Å². The van der Waals surface area contributed by atoms with Crippen molar-refractivity contribution in [2.75, 3.05) is 18.0 Å². The Labute approximate surface area is 145 Å². The van der Waals surface area contributed by atoms with Gasteiger partial charge in [0.15, 0.2) is 5.13 Å². The topological polar surface area (TPSA) is 62.7 Å². The summed E-state index contributed by atoms with van der Waals surface area (Å²) in [6.07, 6.45) is 6.17. The van der Waals surface area contributed by atoms with E-state index in [1.165, 1.54) is 11.3 Å². The molecule has 3 heterocycles. The minimum atomic E-state index is -0.511. The van der Waals surface area contributed by atoms with Gasteiger partial charge in [-0.15, -0.1) is 12.3 Å². The van der Waals surface area contributed by atoms with E-state index in [1.54, 1.807) is 9.80 Å². The summed E-state index contributed by atoms with van der Waals surface area (Å²) in [6.45, 7) is 7.13. The zero-order valence-electron chi connectivity index (χ0n) is 14.2. The smallest absolute Gasteiger partial charge is 0.410 e. The first-order chi connectivity index (χ1) is 11.3. The number of ether oxygens (including phenoxy) is 1. The van der Waals surface area contributed by atoms with Gasteiger partial charge in [0.25, 0.3) is 0 Å². The predicted octanol–water partition coefficient (Wildman–Crippen LogP) is 2.42. The average Bonchev–Trinajstić information content (AvgIpc) is 3.07. The Morgan fingerprint density at radius 3 is 2.83 bits per heavy atom. The molecule has 1 atom stereocenters. The minimum absolute atomic E-state index is 0.0213. The second kappa shape index (κ2) is 6.10. The minimum Gasteiger partial charge on any atom is -0.444 e. The molecule has 0 radical (unpaired) electrons. The van der Waals surface area contributed by atoms with Gasteiger partial charge in [0.1, 0.15) is 5.60 Å². The quantitative estimate of drug-likeness (QED) is 0.732. The summed E-state index contributed by atoms with van der Waals surface area (Å²) in [5, 5.41) is 0.689. The van der Waals surface area contributed by atoms with Crippen LogP contribution < -0.4 is 4.90 Å². The maximum atomic E-state index is 12.2. The normalized spacial score (nSPS) is 20.8. The number of nitrogens with zero attached hydrogens (tertiary/aromatic N) is 3. The Balaban J connectivity index is 1.73. The highest BCUT2D eigenvalue weighted by atomic mass is 32.1. The number of fused-ring (bicyclic) bond motifs is 1. The molecule has 1 aromatic heterocycles. The maximum Gasteiger partial charge on any atom is 0.410 e. The fraction of sp³-hybridized carbons (Fsp3) is 0.588. The highest BCUT2D eigenvalue weighted by Gasteiger charge is 2.34. The number of rotatable bonds is 1. The molecule has 2 aliphatic rings. The Morgan fingerprint density at radius 1 is 1.46 bits per heavy atom. The predicted molar refractivity (Wildman–Crippen MR) is 91.8 cm³/mol. The van der Waals surface area contributed by atoms with Gasteiger partial charge in [0.05, 0.1) is 12.2 Å². The molecule has 2 aliphatic heterocycles. The molecule has 24 heavy (non-hydrogen) atoms. The van der Waals surface area contributed by atoms with Crippen molar-refractivity contribution in [2.45, 2.75) is 45.8 Å². The van der Waals surface area contributed by atoms with Crippen LogP contribution in [-0.2, 0) is 22.5 Å². The van der Waals surface area contributed by atoms with E-state index >= 15 is 0 Å². The molecule has 0 aliphatic carbocycles. The molecule has 3 rings (SSSR count). The zero-order chi connectivity index (χ0) is 17.5. The van der Waals surface area contributed by atoms with Crippen LogP contribution in [0.5, 0.6) is 0 Å². The number of aromatic nitrogens is 1. The monoisotopic (exact) mass is 347 g/mol. The summed E-state index contributed by atoms with van der Waals surface area (Å²) >= 11 is 1.46. The van der Waals surface area contributed by atoms with Crippen molar-refractivity contribution in [1.82, 2.24) is 9.88 Å². The van der Waals surface area contributed by atoms with E-state index in [9.17, 15) is 9.59 Å². The third kappa shape index (κ3) is 3.39. The lowest BCUT2D eigenvalue weighted by Crippen LogP contribution is -2.39. The Morgan fingerprint density at radius 2 is 2.21 bits per heavy atom. The van der Waals surface area contributed by atoms with E-state index in [0.717, 1.165) is 10.6 Å². The van der Waals surface area contributed by atoms with Gasteiger partial charge in [-0.25, -0.2) is 9.78 Å². The van der Waals surface area contributed by atoms with E-state index < -0.39 is 5.60 Å². The zero-order valence-corrected chi connectivity index (χ0v) is 15.0. The van der Waals surface area contributed by atoms with E-state index in [4.69, 9.17) is 11.2 Å².